The zero-order valence-corrected chi connectivity index (χ0v) is 10.1. The van der Waals surface area contributed by atoms with Crippen molar-refractivity contribution in [2.75, 3.05) is 18.1 Å². The Kier molecular flexibility index (Phi) is 2.54. The maximum absolute atomic E-state index is 12.3. The Morgan fingerprint density at radius 1 is 1.41 bits per heavy atom. The SMILES string of the molecule is Cc1ccc2c(c1)N(C(=O)C1CCC1)CCO2. The van der Waals surface area contributed by atoms with E-state index in [9.17, 15) is 4.79 Å². The Hall–Kier alpha value is -1.51. The molecular weight excluding hydrogens is 214 g/mol. The van der Waals surface area contributed by atoms with Gasteiger partial charge in [0.1, 0.15) is 12.4 Å². The zero-order valence-electron chi connectivity index (χ0n) is 10.1. The zero-order chi connectivity index (χ0) is 11.8. The minimum Gasteiger partial charge on any atom is -0.490 e. The summed E-state index contributed by atoms with van der Waals surface area (Å²) in [6.07, 6.45) is 3.30. The maximum Gasteiger partial charge on any atom is 0.230 e. The molecule has 1 aliphatic heterocycles. The number of amides is 1. The molecule has 3 heteroatoms. The third-order valence-corrected chi connectivity index (χ3v) is 3.70. The molecule has 0 spiro atoms. The lowest BCUT2D eigenvalue weighted by molar-refractivity contribution is -0.124. The topological polar surface area (TPSA) is 29.5 Å². The van der Waals surface area contributed by atoms with Crippen molar-refractivity contribution in [3.8, 4) is 5.75 Å². The summed E-state index contributed by atoms with van der Waals surface area (Å²) in [6.45, 7) is 3.33. The average Bonchev–Trinajstić information content (AvgIpc) is 2.25. The lowest BCUT2D eigenvalue weighted by atomic mass is 9.84. The van der Waals surface area contributed by atoms with Gasteiger partial charge in [-0.15, -0.1) is 0 Å². The van der Waals surface area contributed by atoms with Crippen LogP contribution in [0.1, 0.15) is 24.8 Å². The minimum atomic E-state index is 0.251. The molecule has 17 heavy (non-hydrogen) atoms. The summed E-state index contributed by atoms with van der Waals surface area (Å²) in [7, 11) is 0. The van der Waals surface area contributed by atoms with E-state index in [1.54, 1.807) is 0 Å². The highest BCUT2D eigenvalue weighted by Gasteiger charge is 2.32. The van der Waals surface area contributed by atoms with E-state index in [4.69, 9.17) is 4.74 Å². The third-order valence-electron chi connectivity index (χ3n) is 3.70. The van der Waals surface area contributed by atoms with Gasteiger partial charge in [0.05, 0.1) is 12.2 Å². The summed E-state index contributed by atoms with van der Waals surface area (Å²) in [5, 5.41) is 0. The van der Waals surface area contributed by atoms with Crippen molar-refractivity contribution in [1.82, 2.24) is 0 Å². The molecule has 1 amide bonds. The molecule has 0 N–H and O–H groups in total. The number of benzene rings is 1. The first-order valence-corrected chi connectivity index (χ1v) is 6.30. The number of rotatable bonds is 1. The number of fused-ring (bicyclic) bond motifs is 1. The molecule has 0 aromatic heterocycles. The Labute approximate surface area is 101 Å². The number of ether oxygens (including phenoxy) is 1. The molecule has 1 aromatic rings. The Bertz CT molecular complexity index is 452. The maximum atomic E-state index is 12.3. The van der Waals surface area contributed by atoms with Gasteiger partial charge in [0.25, 0.3) is 0 Å². The summed E-state index contributed by atoms with van der Waals surface area (Å²) in [5.74, 6) is 1.38. The van der Waals surface area contributed by atoms with E-state index in [1.807, 2.05) is 30.0 Å². The number of anilines is 1. The van der Waals surface area contributed by atoms with E-state index in [2.05, 4.69) is 0 Å². The standard InChI is InChI=1S/C14H17NO2/c1-10-5-6-13-12(9-10)15(7-8-17-13)14(16)11-3-2-4-11/h5-6,9,11H,2-4,7-8H2,1H3. The Morgan fingerprint density at radius 2 is 2.24 bits per heavy atom. The van der Waals surface area contributed by atoms with Crippen LogP contribution in [0, 0.1) is 12.8 Å². The van der Waals surface area contributed by atoms with Crippen LogP contribution < -0.4 is 9.64 Å². The third kappa shape index (κ3) is 1.79. The number of hydrogen-bond acceptors (Lipinski definition) is 2. The van der Waals surface area contributed by atoms with E-state index in [0.29, 0.717) is 13.2 Å². The highest BCUT2D eigenvalue weighted by molar-refractivity contribution is 5.97. The van der Waals surface area contributed by atoms with Gasteiger partial charge in [-0.1, -0.05) is 12.5 Å². The molecule has 1 heterocycles. The molecule has 3 nitrogen and oxygen atoms in total. The van der Waals surface area contributed by atoms with Gasteiger partial charge in [0, 0.05) is 5.92 Å². The molecule has 0 radical (unpaired) electrons. The van der Waals surface area contributed by atoms with Gasteiger partial charge in [-0.2, -0.15) is 0 Å². The summed E-state index contributed by atoms with van der Waals surface area (Å²) in [5.41, 5.74) is 2.12. The van der Waals surface area contributed by atoms with Crippen molar-refractivity contribution < 1.29 is 9.53 Å². The first kappa shape index (κ1) is 10.6. The molecule has 0 bridgehead atoms. The van der Waals surface area contributed by atoms with Gasteiger partial charge in [-0.05, 0) is 37.5 Å². The fourth-order valence-electron chi connectivity index (χ4n) is 2.43. The largest absolute Gasteiger partial charge is 0.490 e. The monoisotopic (exact) mass is 231 g/mol. The molecule has 1 aliphatic carbocycles. The Balaban J connectivity index is 1.92. The van der Waals surface area contributed by atoms with E-state index in [1.165, 1.54) is 12.0 Å². The number of carbonyl (C=O) groups is 1. The normalized spacial score (nSPS) is 19.2. The molecule has 0 unspecified atom stereocenters. The van der Waals surface area contributed by atoms with Crippen molar-refractivity contribution in [1.29, 1.82) is 0 Å². The van der Waals surface area contributed by atoms with Crippen LogP contribution in [0.4, 0.5) is 5.69 Å². The molecule has 1 fully saturated rings. The lowest BCUT2D eigenvalue weighted by Crippen LogP contribution is -2.43. The smallest absolute Gasteiger partial charge is 0.230 e. The van der Waals surface area contributed by atoms with Crippen LogP contribution in [0.5, 0.6) is 5.75 Å². The fraction of sp³-hybridized carbons (Fsp3) is 0.500. The number of aryl methyl sites for hydroxylation is 1. The van der Waals surface area contributed by atoms with Crippen LogP contribution in [0.2, 0.25) is 0 Å². The molecular formula is C14H17NO2. The molecule has 90 valence electrons. The molecule has 1 aromatic carbocycles. The second-order valence-corrected chi connectivity index (χ2v) is 4.94. The van der Waals surface area contributed by atoms with Crippen molar-refractivity contribution in [3.05, 3.63) is 23.8 Å². The van der Waals surface area contributed by atoms with Gasteiger partial charge in [0.2, 0.25) is 5.91 Å². The fourth-order valence-corrected chi connectivity index (χ4v) is 2.43. The highest BCUT2D eigenvalue weighted by Crippen LogP contribution is 2.36. The summed E-state index contributed by atoms with van der Waals surface area (Å²) in [4.78, 5) is 14.2. The van der Waals surface area contributed by atoms with Gasteiger partial charge < -0.3 is 9.64 Å². The van der Waals surface area contributed by atoms with Gasteiger partial charge in [0.15, 0.2) is 0 Å². The molecule has 3 rings (SSSR count). The van der Waals surface area contributed by atoms with Crippen LogP contribution in [0.25, 0.3) is 0 Å². The quantitative estimate of drug-likeness (QED) is 0.743. The molecule has 2 aliphatic rings. The summed E-state index contributed by atoms with van der Waals surface area (Å²) < 4.78 is 5.60. The number of carbonyl (C=O) groups excluding carboxylic acids is 1. The van der Waals surface area contributed by atoms with Gasteiger partial charge in [-0.25, -0.2) is 0 Å². The van der Waals surface area contributed by atoms with Crippen molar-refractivity contribution in [2.24, 2.45) is 5.92 Å². The van der Waals surface area contributed by atoms with Crippen LogP contribution in [0.15, 0.2) is 18.2 Å². The molecule has 0 saturated heterocycles. The van der Waals surface area contributed by atoms with Gasteiger partial charge in [-0.3, -0.25) is 4.79 Å². The highest BCUT2D eigenvalue weighted by atomic mass is 16.5. The molecule has 1 saturated carbocycles. The lowest BCUT2D eigenvalue weighted by Gasteiger charge is -2.35. The van der Waals surface area contributed by atoms with E-state index < -0.39 is 0 Å². The van der Waals surface area contributed by atoms with E-state index in [0.717, 1.165) is 24.3 Å². The van der Waals surface area contributed by atoms with Crippen LogP contribution >= 0.6 is 0 Å². The predicted molar refractivity (Wildman–Crippen MR) is 66.4 cm³/mol. The van der Waals surface area contributed by atoms with Crippen LogP contribution in [-0.4, -0.2) is 19.1 Å². The van der Waals surface area contributed by atoms with E-state index >= 15 is 0 Å². The van der Waals surface area contributed by atoms with Crippen LogP contribution in [0.3, 0.4) is 0 Å². The first-order chi connectivity index (χ1) is 8.25. The Morgan fingerprint density at radius 3 is 2.94 bits per heavy atom. The predicted octanol–water partition coefficient (Wildman–Crippen LogP) is 2.52. The number of hydrogen-bond donors (Lipinski definition) is 0. The second-order valence-electron chi connectivity index (χ2n) is 4.94. The van der Waals surface area contributed by atoms with Crippen molar-refractivity contribution in [3.63, 3.8) is 0 Å². The van der Waals surface area contributed by atoms with Crippen molar-refractivity contribution in [2.45, 2.75) is 26.2 Å². The summed E-state index contributed by atoms with van der Waals surface area (Å²) in [6, 6.07) is 6.03. The summed E-state index contributed by atoms with van der Waals surface area (Å²) >= 11 is 0. The second kappa shape index (κ2) is 4.06. The number of nitrogens with zero attached hydrogens (tertiary/aromatic N) is 1. The van der Waals surface area contributed by atoms with Gasteiger partial charge >= 0.3 is 0 Å². The average molecular weight is 231 g/mol. The van der Waals surface area contributed by atoms with E-state index in [-0.39, 0.29) is 11.8 Å². The van der Waals surface area contributed by atoms with Crippen LogP contribution in [-0.2, 0) is 4.79 Å². The first-order valence-electron chi connectivity index (χ1n) is 6.30. The minimum absolute atomic E-state index is 0.251. The molecule has 0 atom stereocenters. The van der Waals surface area contributed by atoms with Crippen molar-refractivity contribution >= 4 is 11.6 Å².